The van der Waals surface area contributed by atoms with E-state index < -0.39 is 0 Å². The summed E-state index contributed by atoms with van der Waals surface area (Å²) in [6.07, 6.45) is 2.13. The van der Waals surface area contributed by atoms with Crippen LogP contribution in [0.4, 0.5) is 0 Å². The fourth-order valence-corrected chi connectivity index (χ4v) is 1.71. The molecule has 10 heavy (non-hydrogen) atoms. The van der Waals surface area contributed by atoms with Gasteiger partial charge in [0.15, 0.2) is 0 Å². The van der Waals surface area contributed by atoms with Gasteiger partial charge in [-0.15, -0.1) is 0 Å². The lowest BCUT2D eigenvalue weighted by Crippen LogP contribution is -2.10. The molecule has 0 saturated heterocycles. The van der Waals surface area contributed by atoms with Crippen molar-refractivity contribution >= 4 is 15.9 Å². The molecule has 0 aromatic carbocycles. The number of hydrogen-bond donors (Lipinski definition) is 1. The lowest BCUT2D eigenvalue weighted by atomic mass is 9.91. The first-order valence-electron chi connectivity index (χ1n) is 3.89. The second kappa shape index (κ2) is 6.17. The minimum Gasteiger partial charge on any atom is -0.396 e. The van der Waals surface area contributed by atoms with Gasteiger partial charge in [-0.2, -0.15) is 0 Å². The summed E-state index contributed by atoms with van der Waals surface area (Å²) in [5.74, 6) is 1.38. The Morgan fingerprint density at radius 3 is 2.20 bits per heavy atom. The first kappa shape index (κ1) is 10.4. The average Bonchev–Trinajstić information content (AvgIpc) is 1.87. The Hall–Kier alpha value is 0.440. The second-order valence-electron chi connectivity index (χ2n) is 2.99. The van der Waals surface area contributed by atoms with E-state index in [1.165, 1.54) is 6.42 Å². The molecule has 0 saturated carbocycles. The smallest absolute Gasteiger partial charge is 0.0433 e. The van der Waals surface area contributed by atoms with E-state index in [9.17, 15) is 0 Å². The molecule has 0 heterocycles. The van der Waals surface area contributed by atoms with Gasteiger partial charge in [-0.25, -0.2) is 0 Å². The summed E-state index contributed by atoms with van der Waals surface area (Å²) in [4.78, 5) is 0. The summed E-state index contributed by atoms with van der Waals surface area (Å²) in [6, 6.07) is 0. The zero-order valence-electron chi connectivity index (χ0n) is 6.81. The minimum absolute atomic E-state index is 0.329. The molecule has 0 amide bonds. The summed E-state index contributed by atoms with van der Waals surface area (Å²) in [6.45, 7) is 4.75. The molecule has 0 radical (unpaired) electrons. The summed E-state index contributed by atoms with van der Waals surface area (Å²) in [5.41, 5.74) is 0. The quantitative estimate of drug-likeness (QED) is 0.689. The molecule has 0 rings (SSSR count). The van der Waals surface area contributed by atoms with Gasteiger partial charge in [-0.3, -0.25) is 0 Å². The number of alkyl halides is 1. The van der Waals surface area contributed by atoms with Crippen molar-refractivity contribution in [2.24, 2.45) is 11.8 Å². The number of rotatable bonds is 5. The summed E-state index contributed by atoms with van der Waals surface area (Å²) < 4.78 is 0. The summed E-state index contributed by atoms with van der Waals surface area (Å²) in [7, 11) is 0. The van der Waals surface area contributed by atoms with Gasteiger partial charge in [0.2, 0.25) is 0 Å². The molecule has 1 nitrogen and oxygen atoms in total. The SMILES string of the molecule is CC(C)C(CCO)CCBr. The fraction of sp³-hybridized carbons (Fsp3) is 1.00. The van der Waals surface area contributed by atoms with Gasteiger partial charge in [0, 0.05) is 11.9 Å². The fourth-order valence-electron chi connectivity index (χ4n) is 1.12. The molecule has 0 aromatic rings. The highest BCUT2D eigenvalue weighted by atomic mass is 79.9. The van der Waals surface area contributed by atoms with Crippen LogP contribution in [0.5, 0.6) is 0 Å². The van der Waals surface area contributed by atoms with Gasteiger partial charge in [-0.05, 0) is 24.7 Å². The highest BCUT2D eigenvalue weighted by molar-refractivity contribution is 9.09. The molecule has 0 aliphatic carbocycles. The molecular weight excluding hydrogens is 192 g/mol. The normalized spacial score (nSPS) is 14.1. The van der Waals surface area contributed by atoms with E-state index in [0.29, 0.717) is 18.4 Å². The number of hydrogen-bond acceptors (Lipinski definition) is 1. The standard InChI is InChI=1S/C8H17BrO/c1-7(2)8(3-5-9)4-6-10/h7-8,10H,3-6H2,1-2H3. The first-order chi connectivity index (χ1) is 4.72. The van der Waals surface area contributed by atoms with Gasteiger partial charge in [0.05, 0.1) is 0 Å². The van der Waals surface area contributed by atoms with Gasteiger partial charge >= 0.3 is 0 Å². The molecule has 1 N–H and O–H groups in total. The van der Waals surface area contributed by atoms with Crippen LogP contribution in [0.3, 0.4) is 0 Å². The Morgan fingerprint density at radius 2 is 1.90 bits per heavy atom. The van der Waals surface area contributed by atoms with Crippen molar-refractivity contribution in [2.75, 3.05) is 11.9 Å². The highest BCUT2D eigenvalue weighted by Gasteiger charge is 2.10. The van der Waals surface area contributed by atoms with Gasteiger partial charge in [0.1, 0.15) is 0 Å². The summed E-state index contributed by atoms with van der Waals surface area (Å²) >= 11 is 3.41. The Balaban J connectivity index is 3.50. The molecule has 0 fully saturated rings. The zero-order chi connectivity index (χ0) is 7.98. The van der Waals surface area contributed by atoms with Crippen molar-refractivity contribution in [2.45, 2.75) is 26.7 Å². The second-order valence-corrected chi connectivity index (χ2v) is 3.79. The number of halogens is 1. The van der Waals surface area contributed by atoms with E-state index in [1.807, 2.05) is 0 Å². The summed E-state index contributed by atoms with van der Waals surface area (Å²) in [5, 5.41) is 9.75. The van der Waals surface area contributed by atoms with Crippen LogP contribution in [0.2, 0.25) is 0 Å². The molecule has 1 atom stereocenters. The largest absolute Gasteiger partial charge is 0.396 e. The average molecular weight is 209 g/mol. The third-order valence-corrected chi connectivity index (χ3v) is 2.38. The van der Waals surface area contributed by atoms with Crippen LogP contribution >= 0.6 is 15.9 Å². The van der Waals surface area contributed by atoms with Crippen LogP contribution < -0.4 is 0 Å². The zero-order valence-corrected chi connectivity index (χ0v) is 8.39. The Morgan fingerprint density at radius 1 is 1.30 bits per heavy atom. The van der Waals surface area contributed by atoms with Crippen molar-refractivity contribution in [1.82, 2.24) is 0 Å². The van der Waals surface area contributed by atoms with Gasteiger partial charge in [0.25, 0.3) is 0 Å². The van der Waals surface area contributed by atoms with Crippen molar-refractivity contribution in [3.8, 4) is 0 Å². The van der Waals surface area contributed by atoms with E-state index in [4.69, 9.17) is 5.11 Å². The van der Waals surface area contributed by atoms with Crippen LogP contribution in [0.15, 0.2) is 0 Å². The molecule has 0 aliphatic heterocycles. The van der Waals surface area contributed by atoms with E-state index in [-0.39, 0.29) is 0 Å². The van der Waals surface area contributed by atoms with Crippen LogP contribution in [-0.4, -0.2) is 17.0 Å². The minimum atomic E-state index is 0.329. The lowest BCUT2D eigenvalue weighted by Gasteiger charge is -2.17. The van der Waals surface area contributed by atoms with Crippen molar-refractivity contribution in [1.29, 1.82) is 0 Å². The van der Waals surface area contributed by atoms with Crippen LogP contribution in [0.1, 0.15) is 26.7 Å². The highest BCUT2D eigenvalue weighted by Crippen LogP contribution is 2.19. The van der Waals surface area contributed by atoms with Crippen LogP contribution in [0, 0.1) is 11.8 Å². The molecule has 0 aliphatic rings. The monoisotopic (exact) mass is 208 g/mol. The number of aliphatic hydroxyl groups is 1. The van der Waals surface area contributed by atoms with Crippen molar-refractivity contribution in [3.63, 3.8) is 0 Å². The molecular formula is C8H17BrO. The lowest BCUT2D eigenvalue weighted by molar-refractivity contribution is 0.229. The maximum absolute atomic E-state index is 8.70. The molecule has 1 unspecified atom stereocenters. The van der Waals surface area contributed by atoms with Crippen molar-refractivity contribution in [3.05, 3.63) is 0 Å². The van der Waals surface area contributed by atoms with Gasteiger partial charge < -0.3 is 5.11 Å². The van der Waals surface area contributed by atoms with Crippen LogP contribution in [-0.2, 0) is 0 Å². The van der Waals surface area contributed by atoms with Gasteiger partial charge in [-0.1, -0.05) is 29.8 Å². The Bertz CT molecular complexity index is 67.7. The van der Waals surface area contributed by atoms with E-state index in [0.717, 1.165) is 11.8 Å². The maximum atomic E-state index is 8.70. The predicted molar refractivity (Wildman–Crippen MR) is 48.4 cm³/mol. The Labute approximate surface area is 72.0 Å². The topological polar surface area (TPSA) is 20.2 Å². The Kier molecular flexibility index (Phi) is 6.44. The third kappa shape index (κ3) is 4.29. The van der Waals surface area contributed by atoms with E-state index in [2.05, 4.69) is 29.8 Å². The first-order valence-corrected chi connectivity index (χ1v) is 5.01. The van der Waals surface area contributed by atoms with E-state index >= 15 is 0 Å². The maximum Gasteiger partial charge on any atom is 0.0433 e. The van der Waals surface area contributed by atoms with E-state index in [1.54, 1.807) is 0 Å². The molecule has 0 spiro atoms. The number of aliphatic hydroxyl groups excluding tert-OH is 1. The predicted octanol–water partition coefficient (Wildman–Crippen LogP) is 2.43. The molecule has 2 heteroatoms. The molecule has 62 valence electrons. The van der Waals surface area contributed by atoms with Crippen molar-refractivity contribution < 1.29 is 5.11 Å². The third-order valence-electron chi connectivity index (χ3n) is 1.92. The van der Waals surface area contributed by atoms with Crippen LogP contribution in [0.25, 0.3) is 0 Å². The molecule has 0 aromatic heterocycles. The molecule has 0 bridgehead atoms.